The third-order valence-corrected chi connectivity index (χ3v) is 3.51. The Kier molecular flexibility index (Phi) is 2.05. The summed E-state index contributed by atoms with van der Waals surface area (Å²) in [6, 6.07) is 4.54. The smallest absolute Gasteiger partial charge is 0.160 e. The normalized spacial score (nSPS) is 12.5. The van der Waals surface area contributed by atoms with Crippen LogP contribution in [0.1, 0.15) is 5.69 Å². The van der Waals surface area contributed by atoms with E-state index in [4.69, 9.17) is 11.6 Å². The number of nitrogens with zero attached hydrogens (tertiary/aromatic N) is 5. The van der Waals surface area contributed by atoms with Gasteiger partial charge in [0.05, 0.1) is 17.9 Å². The van der Waals surface area contributed by atoms with Crippen molar-refractivity contribution in [2.45, 2.75) is 6.54 Å². The third-order valence-electron chi connectivity index (χ3n) is 3.19. The molecule has 1 aliphatic heterocycles. The van der Waals surface area contributed by atoms with Crippen LogP contribution in [0.3, 0.4) is 0 Å². The lowest BCUT2D eigenvalue weighted by atomic mass is 10.1. The Bertz CT molecular complexity index is 791. The van der Waals surface area contributed by atoms with Crippen LogP contribution in [-0.2, 0) is 6.54 Å². The van der Waals surface area contributed by atoms with Crippen molar-refractivity contribution in [2.24, 2.45) is 0 Å². The number of fused-ring (bicyclic) bond motifs is 5. The molecular weight excluding hydrogens is 269 g/mol. The second-order valence-electron chi connectivity index (χ2n) is 4.25. The van der Waals surface area contributed by atoms with Gasteiger partial charge in [-0.15, -0.1) is 0 Å². The van der Waals surface area contributed by atoms with Crippen LogP contribution in [0, 0.1) is 5.82 Å². The van der Waals surface area contributed by atoms with Crippen LogP contribution in [0.5, 0.6) is 0 Å². The number of hydrogen-bond donors (Lipinski definition) is 0. The molecule has 0 radical (unpaired) electrons. The van der Waals surface area contributed by atoms with Gasteiger partial charge in [0, 0.05) is 5.56 Å². The number of benzene rings is 1. The highest BCUT2D eigenvalue weighted by Crippen LogP contribution is 2.32. The van der Waals surface area contributed by atoms with E-state index < -0.39 is 0 Å². The monoisotopic (exact) mass is 275 g/mol. The molecule has 0 saturated carbocycles. The molecule has 0 N–H and O–H groups in total. The van der Waals surface area contributed by atoms with Crippen LogP contribution in [0.4, 0.5) is 4.39 Å². The van der Waals surface area contributed by atoms with E-state index >= 15 is 0 Å². The molecule has 0 spiro atoms. The molecule has 0 saturated heterocycles. The highest BCUT2D eigenvalue weighted by atomic mass is 35.5. The summed E-state index contributed by atoms with van der Waals surface area (Å²) in [5, 5.41) is 4.56. The molecule has 1 aromatic carbocycles. The van der Waals surface area contributed by atoms with Crippen molar-refractivity contribution < 1.29 is 4.39 Å². The van der Waals surface area contributed by atoms with Gasteiger partial charge >= 0.3 is 0 Å². The Hall–Kier alpha value is -2.21. The molecule has 0 unspecified atom stereocenters. The van der Waals surface area contributed by atoms with E-state index in [0.29, 0.717) is 23.1 Å². The summed E-state index contributed by atoms with van der Waals surface area (Å²) < 4.78 is 17.0. The number of imidazole rings is 1. The molecule has 4 rings (SSSR count). The summed E-state index contributed by atoms with van der Waals surface area (Å²) >= 11 is 6.09. The molecule has 0 bridgehead atoms. The predicted molar refractivity (Wildman–Crippen MR) is 66.7 cm³/mol. The molecule has 0 amide bonds. The van der Waals surface area contributed by atoms with E-state index in [0.717, 1.165) is 11.4 Å². The lowest BCUT2D eigenvalue weighted by molar-refractivity contribution is 0.627. The van der Waals surface area contributed by atoms with Crippen LogP contribution in [0.2, 0.25) is 5.15 Å². The highest BCUT2D eigenvalue weighted by molar-refractivity contribution is 6.30. The van der Waals surface area contributed by atoms with Crippen LogP contribution in [0.15, 0.2) is 30.9 Å². The molecule has 7 heteroatoms. The third kappa shape index (κ3) is 1.43. The topological polar surface area (TPSA) is 48.5 Å². The largest absolute Gasteiger partial charge is 0.299 e. The molecule has 94 valence electrons. The van der Waals surface area contributed by atoms with Gasteiger partial charge in [0.15, 0.2) is 11.0 Å². The summed E-state index contributed by atoms with van der Waals surface area (Å²) in [5.41, 5.74) is 2.27. The van der Waals surface area contributed by atoms with E-state index in [1.165, 1.54) is 18.5 Å². The zero-order valence-corrected chi connectivity index (χ0v) is 10.3. The summed E-state index contributed by atoms with van der Waals surface area (Å²) in [7, 11) is 0. The minimum Gasteiger partial charge on any atom is -0.299 e. The molecule has 2 aromatic heterocycles. The van der Waals surface area contributed by atoms with Crippen molar-refractivity contribution in [1.82, 2.24) is 24.3 Å². The van der Waals surface area contributed by atoms with Gasteiger partial charge in [-0.05, 0) is 18.2 Å². The molecule has 0 fully saturated rings. The van der Waals surface area contributed by atoms with Gasteiger partial charge in [-0.3, -0.25) is 4.57 Å². The number of aromatic nitrogens is 5. The first-order valence-corrected chi connectivity index (χ1v) is 6.01. The molecule has 1 aliphatic rings. The van der Waals surface area contributed by atoms with Gasteiger partial charge in [-0.1, -0.05) is 11.6 Å². The van der Waals surface area contributed by atoms with Crippen LogP contribution < -0.4 is 0 Å². The van der Waals surface area contributed by atoms with Crippen LogP contribution in [-0.4, -0.2) is 24.3 Å². The lowest BCUT2D eigenvalue weighted by Crippen LogP contribution is -2.04. The van der Waals surface area contributed by atoms with E-state index in [9.17, 15) is 4.39 Å². The highest BCUT2D eigenvalue weighted by Gasteiger charge is 2.23. The van der Waals surface area contributed by atoms with Gasteiger partial charge in [0.2, 0.25) is 0 Å². The summed E-state index contributed by atoms with van der Waals surface area (Å²) in [4.78, 5) is 8.29. The molecule has 0 aliphatic carbocycles. The second-order valence-corrected chi connectivity index (χ2v) is 4.61. The molecule has 3 heterocycles. The first kappa shape index (κ1) is 10.7. The Morgan fingerprint density at radius 3 is 3.05 bits per heavy atom. The zero-order chi connectivity index (χ0) is 13.0. The number of rotatable bonds is 0. The predicted octanol–water partition coefficient (Wildman–Crippen LogP) is 2.28. The quantitative estimate of drug-likeness (QED) is 0.495. The Morgan fingerprint density at radius 2 is 2.16 bits per heavy atom. The summed E-state index contributed by atoms with van der Waals surface area (Å²) in [6.07, 6.45) is 3.07. The fourth-order valence-corrected chi connectivity index (χ4v) is 2.52. The van der Waals surface area contributed by atoms with Gasteiger partial charge in [-0.2, -0.15) is 5.10 Å². The van der Waals surface area contributed by atoms with Gasteiger partial charge < -0.3 is 0 Å². The lowest BCUT2D eigenvalue weighted by Gasteiger charge is -2.07. The van der Waals surface area contributed by atoms with Crippen molar-refractivity contribution in [3.8, 4) is 17.1 Å². The Labute approximate surface area is 112 Å². The molecule has 19 heavy (non-hydrogen) atoms. The zero-order valence-electron chi connectivity index (χ0n) is 9.59. The molecule has 0 atom stereocenters. The number of hydrogen-bond acceptors (Lipinski definition) is 3. The van der Waals surface area contributed by atoms with Gasteiger partial charge in [-0.25, -0.2) is 19.0 Å². The molecular formula is C12H7ClFN5. The van der Waals surface area contributed by atoms with E-state index in [-0.39, 0.29) is 5.82 Å². The van der Waals surface area contributed by atoms with Crippen molar-refractivity contribution in [1.29, 1.82) is 0 Å². The Morgan fingerprint density at radius 1 is 1.26 bits per heavy atom. The fraction of sp³-hybridized carbons (Fsp3) is 0.0833. The van der Waals surface area contributed by atoms with Crippen molar-refractivity contribution in [3.05, 3.63) is 47.5 Å². The summed E-state index contributed by atoms with van der Waals surface area (Å²) in [6.45, 7) is 0.449. The fourth-order valence-electron chi connectivity index (χ4n) is 2.33. The van der Waals surface area contributed by atoms with Crippen LogP contribution in [0.25, 0.3) is 17.1 Å². The second kappa shape index (κ2) is 3.64. The number of halogens is 2. The van der Waals surface area contributed by atoms with Crippen LogP contribution >= 0.6 is 11.6 Å². The van der Waals surface area contributed by atoms with Crippen molar-refractivity contribution in [2.75, 3.05) is 0 Å². The maximum absolute atomic E-state index is 13.5. The van der Waals surface area contributed by atoms with Gasteiger partial charge in [0.1, 0.15) is 18.5 Å². The molecule has 3 aromatic rings. The maximum Gasteiger partial charge on any atom is 0.160 e. The minimum absolute atomic E-state index is 0.317. The first-order chi connectivity index (χ1) is 9.24. The van der Waals surface area contributed by atoms with Gasteiger partial charge in [0.25, 0.3) is 0 Å². The SMILES string of the molecule is Fc1ccc2c(c1)-c1ncnn1Cc1c(Cl)ncn1-2. The maximum atomic E-state index is 13.5. The minimum atomic E-state index is -0.317. The van der Waals surface area contributed by atoms with E-state index in [1.807, 2.05) is 4.57 Å². The average molecular weight is 276 g/mol. The van der Waals surface area contributed by atoms with E-state index in [2.05, 4.69) is 15.1 Å². The van der Waals surface area contributed by atoms with Crippen molar-refractivity contribution >= 4 is 11.6 Å². The average Bonchev–Trinajstić information content (AvgIpc) is 2.96. The van der Waals surface area contributed by atoms with Crippen molar-refractivity contribution in [3.63, 3.8) is 0 Å². The first-order valence-electron chi connectivity index (χ1n) is 5.64. The molecule has 5 nitrogen and oxygen atoms in total. The Balaban J connectivity index is 2.13. The van der Waals surface area contributed by atoms with E-state index in [1.54, 1.807) is 17.1 Å². The summed E-state index contributed by atoms with van der Waals surface area (Å²) in [5.74, 6) is 0.303. The standard InChI is InChI=1S/C12H7ClFN5/c13-11-10-4-19-12(15-5-17-19)8-3-7(14)1-2-9(8)18(10)6-16-11/h1-3,5-6H,4H2.